The summed E-state index contributed by atoms with van der Waals surface area (Å²) < 4.78 is 0.743. The number of nitrogens with one attached hydrogen (secondary N) is 1. The molecule has 2 rings (SSSR count). The highest BCUT2D eigenvalue weighted by Gasteiger charge is 2.18. The Balaban J connectivity index is 2.04. The quantitative estimate of drug-likeness (QED) is 0.860. The third-order valence-electron chi connectivity index (χ3n) is 2.20. The van der Waals surface area contributed by atoms with Crippen molar-refractivity contribution in [3.05, 3.63) is 33.8 Å². The zero-order valence-electron chi connectivity index (χ0n) is 9.76. The highest BCUT2D eigenvalue weighted by atomic mass is 35.5. The normalized spacial score (nSPS) is 12.2. The highest BCUT2D eigenvalue weighted by molar-refractivity contribution is 8.02. The van der Waals surface area contributed by atoms with Crippen LogP contribution in [0.15, 0.2) is 28.0 Å². The van der Waals surface area contributed by atoms with Gasteiger partial charge in [-0.25, -0.2) is 0 Å². The van der Waals surface area contributed by atoms with E-state index in [0.717, 1.165) is 4.34 Å². The number of hydrogen-bond donors (Lipinski definition) is 1. The van der Waals surface area contributed by atoms with Gasteiger partial charge in [-0.2, -0.15) is 0 Å². The summed E-state index contributed by atoms with van der Waals surface area (Å²) >= 11 is 14.7. The first-order chi connectivity index (χ1) is 9.08. The summed E-state index contributed by atoms with van der Waals surface area (Å²) in [7, 11) is 0. The second-order valence-electron chi connectivity index (χ2n) is 3.55. The molecule has 1 heterocycles. The molecule has 0 aliphatic heterocycles. The van der Waals surface area contributed by atoms with Crippen LogP contribution in [0.1, 0.15) is 6.92 Å². The lowest BCUT2D eigenvalue weighted by atomic mass is 10.3. The lowest BCUT2D eigenvalue weighted by Crippen LogP contribution is -2.22. The molecule has 0 radical (unpaired) electrons. The first-order valence-electron chi connectivity index (χ1n) is 5.25. The molecule has 1 aromatic carbocycles. The molecule has 8 heteroatoms. The fourth-order valence-corrected chi connectivity index (χ4v) is 3.38. The van der Waals surface area contributed by atoms with Crippen LogP contribution in [0.3, 0.4) is 0 Å². The van der Waals surface area contributed by atoms with E-state index >= 15 is 0 Å². The van der Waals surface area contributed by atoms with Gasteiger partial charge in [0, 0.05) is 0 Å². The summed E-state index contributed by atoms with van der Waals surface area (Å²) in [5.41, 5.74) is 2.05. The number of aromatic nitrogens is 2. The van der Waals surface area contributed by atoms with Crippen molar-refractivity contribution in [2.24, 2.45) is 0 Å². The minimum absolute atomic E-state index is 0.185. The summed E-state index contributed by atoms with van der Waals surface area (Å²) in [6.07, 6.45) is 0. The molecule has 1 N–H and O–H groups in total. The summed E-state index contributed by atoms with van der Waals surface area (Å²) in [5, 5.41) is 10.8. The third kappa shape index (κ3) is 3.82. The Bertz CT molecular complexity index is 557. The van der Waals surface area contributed by atoms with Crippen LogP contribution in [0.2, 0.25) is 10.0 Å². The van der Waals surface area contributed by atoms with E-state index in [1.54, 1.807) is 30.6 Å². The Kier molecular flexibility index (Phi) is 5.04. The van der Waals surface area contributed by atoms with Gasteiger partial charge in [-0.15, -0.1) is 10.2 Å². The molecule has 0 aliphatic carbocycles. The van der Waals surface area contributed by atoms with Gasteiger partial charge in [-0.05, 0) is 19.1 Å². The number of rotatable bonds is 4. The van der Waals surface area contributed by atoms with Crippen molar-refractivity contribution < 1.29 is 4.79 Å². The second kappa shape index (κ2) is 6.56. The number of carbonyl (C=O) groups is 1. The number of halogens is 2. The van der Waals surface area contributed by atoms with E-state index in [4.69, 9.17) is 23.2 Å². The van der Waals surface area contributed by atoms with Crippen LogP contribution >= 0.6 is 46.3 Å². The molecule has 1 amide bonds. The molecule has 0 spiro atoms. The number of anilines is 1. The standard InChI is InChI=1S/C11H9Cl2N3OS2/c1-6(19-11-16-14-5-18-11)10(17)15-9-7(12)3-2-4-8(9)13/h2-6H,1H3,(H,15,17)/t6-/m1/s1. The van der Waals surface area contributed by atoms with Crippen molar-refractivity contribution in [1.29, 1.82) is 0 Å². The zero-order valence-corrected chi connectivity index (χ0v) is 12.9. The number of carbonyl (C=O) groups excluding carboxylic acids is 1. The lowest BCUT2D eigenvalue weighted by Gasteiger charge is -2.12. The average Bonchev–Trinajstić information content (AvgIpc) is 2.86. The number of thioether (sulfide) groups is 1. The first kappa shape index (κ1) is 14.6. The van der Waals surface area contributed by atoms with Gasteiger partial charge in [0.1, 0.15) is 5.51 Å². The van der Waals surface area contributed by atoms with Crippen LogP contribution in [0.5, 0.6) is 0 Å². The Labute approximate surface area is 128 Å². The average molecular weight is 334 g/mol. The summed E-state index contributed by atoms with van der Waals surface area (Å²) in [6.45, 7) is 1.78. The van der Waals surface area contributed by atoms with Gasteiger partial charge in [0.2, 0.25) is 5.91 Å². The predicted molar refractivity (Wildman–Crippen MR) is 80.3 cm³/mol. The molecule has 0 bridgehead atoms. The van der Waals surface area contributed by atoms with Crippen LogP contribution in [-0.4, -0.2) is 21.4 Å². The minimum Gasteiger partial charge on any atom is -0.323 e. The van der Waals surface area contributed by atoms with Crippen LogP contribution in [0.25, 0.3) is 0 Å². The third-order valence-corrected chi connectivity index (χ3v) is 4.74. The zero-order chi connectivity index (χ0) is 13.8. The summed E-state index contributed by atoms with van der Waals surface area (Å²) in [5.74, 6) is -0.185. The Morgan fingerprint density at radius 1 is 1.42 bits per heavy atom. The molecule has 2 aromatic rings. The predicted octanol–water partition coefficient (Wildman–Crippen LogP) is 3.96. The monoisotopic (exact) mass is 333 g/mol. The van der Waals surface area contributed by atoms with Crippen LogP contribution in [-0.2, 0) is 4.79 Å². The molecule has 1 atom stereocenters. The number of benzene rings is 1. The molecule has 0 saturated heterocycles. The minimum atomic E-state index is -0.319. The number of para-hydroxylation sites is 1. The Hall–Kier alpha value is -0.820. The fourth-order valence-electron chi connectivity index (χ4n) is 1.26. The molecule has 0 saturated carbocycles. The topological polar surface area (TPSA) is 54.9 Å². The maximum Gasteiger partial charge on any atom is 0.237 e. The van der Waals surface area contributed by atoms with E-state index in [0.29, 0.717) is 15.7 Å². The molecule has 4 nitrogen and oxygen atoms in total. The van der Waals surface area contributed by atoms with Gasteiger partial charge in [0.25, 0.3) is 0 Å². The van der Waals surface area contributed by atoms with Gasteiger partial charge in [0.05, 0.1) is 21.0 Å². The van der Waals surface area contributed by atoms with Crippen LogP contribution in [0, 0.1) is 0 Å². The van der Waals surface area contributed by atoms with Gasteiger partial charge < -0.3 is 5.32 Å². The van der Waals surface area contributed by atoms with Gasteiger partial charge in [0.15, 0.2) is 4.34 Å². The lowest BCUT2D eigenvalue weighted by molar-refractivity contribution is -0.115. The van der Waals surface area contributed by atoms with E-state index < -0.39 is 0 Å². The van der Waals surface area contributed by atoms with Crippen molar-refractivity contribution in [1.82, 2.24) is 10.2 Å². The Morgan fingerprint density at radius 2 is 2.11 bits per heavy atom. The van der Waals surface area contributed by atoms with Crippen molar-refractivity contribution in [2.75, 3.05) is 5.32 Å². The van der Waals surface area contributed by atoms with E-state index in [1.807, 2.05) is 0 Å². The van der Waals surface area contributed by atoms with Crippen molar-refractivity contribution in [3.63, 3.8) is 0 Å². The smallest absolute Gasteiger partial charge is 0.237 e. The number of nitrogens with zero attached hydrogens (tertiary/aromatic N) is 2. The highest BCUT2D eigenvalue weighted by Crippen LogP contribution is 2.31. The largest absolute Gasteiger partial charge is 0.323 e. The van der Waals surface area contributed by atoms with E-state index in [9.17, 15) is 4.79 Å². The second-order valence-corrected chi connectivity index (χ2v) is 6.79. The summed E-state index contributed by atoms with van der Waals surface area (Å²) in [4.78, 5) is 12.1. The van der Waals surface area contributed by atoms with Crippen molar-refractivity contribution >= 4 is 57.9 Å². The van der Waals surface area contributed by atoms with Gasteiger partial charge in [-0.1, -0.05) is 52.4 Å². The molecule has 100 valence electrons. The molecule has 0 fully saturated rings. The Morgan fingerprint density at radius 3 is 2.68 bits per heavy atom. The van der Waals surface area contributed by atoms with Crippen molar-refractivity contribution in [2.45, 2.75) is 16.5 Å². The first-order valence-corrected chi connectivity index (χ1v) is 7.77. The van der Waals surface area contributed by atoms with E-state index in [2.05, 4.69) is 15.5 Å². The van der Waals surface area contributed by atoms with Crippen LogP contribution < -0.4 is 5.32 Å². The number of amides is 1. The molecule has 19 heavy (non-hydrogen) atoms. The molecule has 0 aliphatic rings. The maximum atomic E-state index is 12.1. The fraction of sp³-hybridized carbons (Fsp3) is 0.182. The van der Waals surface area contributed by atoms with Gasteiger partial charge >= 0.3 is 0 Å². The van der Waals surface area contributed by atoms with Crippen molar-refractivity contribution in [3.8, 4) is 0 Å². The molecule has 1 aromatic heterocycles. The summed E-state index contributed by atoms with van der Waals surface area (Å²) in [6, 6.07) is 5.07. The maximum absolute atomic E-state index is 12.1. The number of hydrogen-bond acceptors (Lipinski definition) is 5. The SMILES string of the molecule is C[C@@H](Sc1nncs1)C(=O)Nc1c(Cl)cccc1Cl. The van der Waals surface area contributed by atoms with E-state index in [1.165, 1.54) is 23.1 Å². The van der Waals surface area contributed by atoms with Crippen LogP contribution in [0.4, 0.5) is 5.69 Å². The molecular weight excluding hydrogens is 325 g/mol. The molecular formula is C11H9Cl2N3OS2. The molecule has 0 unspecified atom stereocenters. The van der Waals surface area contributed by atoms with Gasteiger partial charge in [-0.3, -0.25) is 4.79 Å². The van der Waals surface area contributed by atoms with E-state index in [-0.39, 0.29) is 11.2 Å².